The summed E-state index contributed by atoms with van der Waals surface area (Å²) in [6, 6.07) is 17.8. The maximum atomic E-state index is 13.1. The van der Waals surface area contributed by atoms with E-state index in [2.05, 4.69) is 28.2 Å². The first-order chi connectivity index (χ1) is 15.4. The normalized spacial score (nSPS) is 11.9. The van der Waals surface area contributed by atoms with Gasteiger partial charge in [-0.1, -0.05) is 83.5 Å². The number of nitrogens with one attached hydrogen (secondary N) is 1. The Morgan fingerprint density at radius 1 is 1.12 bits per heavy atom. The summed E-state index contributed by atoms with van der Waals surface area (Å²) >= 11 is 4.80. The molecule has 5 nitrogen and oxygen atoms in total. The first-order valence-corrected chi connectivity index (χ1v) is 12.4. The SMILES string of the molecule is CCCC(Sc1nc(C)c(Cc2ccc(Br)cc2)c(=O)n1C)C(=O)NCc1ccccc1. The topological polar surface area (TPSA) is 64.0 Å². The van der Waals surface area contributed by atoms with Gasteiger partial charge in [0.2, 0.25) is 5.91 Å². The van der Waals surface area contributed by atoms with E-state index in [1.165, 1.54) is 11.8 Å². The molecule has 0 aliphatic rings. The molecule has 0 aliphatic carbocycles. The van der Waals surface area contributed by atoms with Crippen LogP contribution in [0.15, 0.2) is 69.0 Å². The number of thioether (sulfide) groups is 1. The molecular weight excluding hydrogens is 486 g/mol. The maximum absolute atomic E-state index is 13.1. The zero-order chi connectivity index (χ0) is 23.1. The molecule has 0 saturated heterocycles. The van der Waals surface area contributed by atoms with E-state index in [1.807, 2.05) is 61.5 Å². The first kappa shape index (κ1) is 24.3. The second kappa shape index (κ2) is 11.5. The third-order valence-corrected chi connectivity index (χ3v) is 7.08. The van der Waals surface area contributed by atoms with E-state index >= 15 is 0 Å². The van der Waals surface area contributed by atoms with Crippen molar-refractivity contribution >= 4 is 33.6 Å². The van der Waals surface area contributed by atoms with Crippen LogP contribution in [0.25, 0.3) is 0 Å². The van der Waals surface area contributed by atoms with E-state index in [0.717, 1.165) is 22.0 Å². The minimum atomic E-state index is -0.307. The van der Waals surface area contributed by atoms with Crippen LogP contribution in [-0.4, -0.2) is 20.7 Å². The molecule has 1 unspecified atom stereocenters. The molecule has 1 atom stereocenters. The predicted molar refractivity (Wildman–Crippen MR) is 134 cm³/mol. The third kappa shape index (κ3) is 6.33. The highest BCUT2D eigenvalue weighted by atomic mass is 79.9. The summed E-state index contributed by atoms with van der Waals surface area (Å²) in [5.74, 6) is -0.0356. The zero-order valence-electron chi connectivity index (χ0n) is 18.6. The second-order valence-corrected chi connectivity index (χ2v) is 9.81. The molecule has 2 aromatic carbocycles. The fourth-order valence-corrected chi connectivity index (χ4v) is 4.87. The molecule has 1 amide bonds. The third-order valence-electron chi connectivity index (χ3n) is 5.24. The van der Waals surface area contributed by atoms with Crippen LogP contribution in [0.4, 0.5) is 0 Å². The quantitative estimate of drug-likeness (QED) is 0.322. The lowest BCUT2D eigenvalue weighted by molar-refractivity contribution is -0.120. The molecule has 0 radical (unpaired) electrons. The largest absolute Gasteiger partial charge is 0.351 e. The summed E-state index contributed by atoms with van der Waals surface area (Å²) in [6.45, 7) is 4.40. The summed E-state index contributed by atoms with van der Waals surface area (Å²) in [5.41, 5.74) is 3.43. The van der Waals surface area contributed by atoms with Crippen molar-refractivity contribution in [2.24, 2.45) is 7.05 Å². The van der Waals surface area contributed by atoms with Gasteiger partial charge in [0.25, 0.3) is 5.56 Å². The van der Waals surface area contributed by atoms with Crippen molar-refractivity contribution in [2.75, 3.05) is 0 Å². The number of halogens is 1. The Bertz CT molecular complexity index is 1110. The van der Waals surface area contributed by atoms with Gasteiger partial charge in [-0.3, -0.25) is 14.2 Å². The van der Waals surface area contributed by atoms with Crippen molar-refractivity contribution in [1.29, 1.82) is 0 Å². The van der Waals surface area contributed by atoms with Gasteiger partial charge in [0.15, 0.2) is 5.16 Å². The molecule has 0 fully saturated rings. The summed E-state index contributed by atoms with van der Waals surface area (Å²) in [7, 11) is 1.73. The fraction of sp³-hybridized carbons (Fsp3) is 0.320. The van der Waals surface area contributed by atoms with Crippen LogP contribution < -0.4 is 10.9 Å². The molecule has 0 bridgehead atoms. The van der Waals surface area contributed by atoms with Crippen molar-refractivity contribution < 1.29 is 4.79 Å². The van der Waals surface area contributed by atoms with Crippen LogP contribution >= 0.6 is 27.7 Å². The van der Waals surface area contributed by atoms with E-state index in [-0.39, 0.29) is 16.7 Å². The molecule has 0 saturated carbocycles. The second-order valence-electron chi connectivity index (χ2n) is 7.72. The van der Waals surface area contributed by atoms with Gasteiger partial charge >= 0.3 is 0 Å². The molecule has 3 rings (SSSR count). The minimum absolute atomic E-state index is 0.0356. The van der Waals surface area contributed by atoms with E-state index in [9.17, 15) is 9.59 Å². The predicted octanol–water partition coefficient (Wildman–Crippen LogP) is 5.02. The van der Waals surface area contributed by atoms with Crippen LogP contribution in [0.1, 0.15) is 42.1 Å². The molecule has 1 heterocycles. The van der Waals surface area contributed by atoms with Crippen LogP contribution in [0.3, 0.4) is 0 Å². The molecule has 0 spiro atoms. The molecule has 1 aromatic heterocycles. The van der Waals surface area contributed by atoms with Crippen LogP contribution in [-0.2, 0) is 24.8 Å². The Labute approximate surface area is 201 Å². The highest BCUT2D eigenvalue weighted by Gasteiger charge is 2.22. The number of rotatable bonds is 9. The lowest BCUT2D eigenvalue weighted by Gasteiger charge is -2.18. The molecule has 3 aromatic rings. The van der Waals surface area contributed by atoms with Crippen molar-refractivity contribution in [3.8, 4) is 0 Å². The maximum Gasteiger partial charge on any atom is 0.257 e. The summed E-state index contributed by atoms with van der Waals surface area (Å²) < 4.78 is 2.57. The van der Waals surface area contributed by atoms with Gasteiger partial charge in [0.1, 0.15) is 0 Å². The van der Waals surface area contributed by atoms with Crippen molar-refractivity contribution in [3.63, 3.8) is 0 Å². The van der Waals surface area contributed by atoms with Crippen molar-refractivity contribution in [1.82, 2.24) is 14.9 Å². The standard InChI is InChI=1S/C25H28BrN3O2S/c1-4-8-22(23(30)27-16-19-9-6-5-7-10-19)32-25-28-17(2)21(24(31)29(25)3)15-18-11-13-20(26)14-12-18/h5-7,9-14,22H,4,8,15-16H2,1-3H3,(H,27,30). The lowest BCUT2D eigenvalue weighted by Crippen LogP contribution is -2.33. The van der Waals surface area contributed by atoms with E-state index < -0.39 is 0 Å². The van der Waals surface area contributed by atoms with Gasteiger partial charge in [-0.25, -0.2) is 4.98 Å². The number of hydrogen-bond donors (Lipinski definition) is 1. The average molecular weight is 514 g/mol. The Hall–Kier alpha value is -2.38. The van der Waals surface area contributed by atoms with Crippen LogP contribution in [0.5, 0.6) is 0 Å². The molecule has 0 aliphatic heterocycles. The Morgan fingerprint density at radius 3 is 2.47 bits per heavy atom. The van der Waals surface area contributed by atoms with Gasteiger partial charge in [-0.05, 0) is 36.6 Å². The summed E-state index contributed by atoms with van der Waals surface area (Å²) in [5, 5.41) is 3.29. The van der Waals surface area contributed by atoms with Gasteiger partial charge in [-0.2, -0.15) is 0 Å². The molecule has 1 N–H and O–H groups in total. The van der Waals surface area contributed by atoms with Gasteiger partial charge in [-0.15, -0.1) is 0 Å². The molecule has 168 valence electrons. The van der Waals surface area contributed by atoms with E-state index in [4.69, 9.17) is 4.98 Å². The number of benzene rings is 2. The number of hydrogen-bond acceptors (Lipinski definition) is 4. The van der Waals surface area contributed by atoms with Crippen molar-refractivity contribution in [2.45, 2.75) is 50.1 Å². The molecule has 32 heavy (non-hydrogen) atoms. The average Bonchev–Trinajstić information content (AvgIpc) is 2.80. The van der Waals surface area contributed by atoms with Crippen LogP contribution in [0.2, 0.25) is 0 Å². The monoisotopic (exact) mass is 513 g/mol. The number of aryl methyl sites for hydroxylation is 1. The molecule has 7 heteroatoms. The first-order valence-electron chi connectivity index (χ1n) is 10.7. The van der Waals surface area contributed by atoms with Crippen LogP contribution in [0, 0.1) is 6.92 Å². The number of carbonyl (C=O) groups excluding carboxylic acids is 1. The zero-order valence-corrected chi connectivity index (χ0v) is 21.0. The highest BCUT2D eigenvalue weighted by molar-refractivity contribution is 9.10. The smallest absolute Gasteiger partial charge is 0.257 e. The van der Waals surface area contributed by atoms with Gasteiger partial charge in [0.05, 0.1) is 5.25 Å². The van der Waals surface area contributed by atoms with Crippen molar-refractivity contribution in [3.05, 3.63) is 91.8 Å². The summed E-state index contributed by atoms with van der Waals surface area (Å²) in [6.07, 6.45) is 2.10. The Balaban J connectivity index is 1.77. The number of aromatic nitrogens is 2. The van der Waals surface area contributed by atoms with Gasteiger partial charge in [0, 0.05) is 35.7 Å². The van der Waals surface area contributed by atoms with E-state index in [1.54, 1.807) is 11.6 Å². The van der Waals surface area contributed by atoms with Gasteiger partial charge < -0.3 is 5.32 Å². The highest BCUT2D eigenvalue weighted by Crippen LogP contribution is 2.25. The molecular formula is C25H28BrN3O2S. The lowest BCUT2D eigenvalue weighted by atomic mass is 10.1. The Kier molecular flexibility index (Phi) is 8.70. The number of amides is 1. The minimum Gasteiger partial charge on any atom is -0.351 e. The number of nitrogens with zero attached hydrogens (tertiary/aromatic N) is 2. The summed E-state index contributed by atoms with van der Waals surface area (Å²) in [4.78, 5) is 30.7. The fourth-order valence-electron chi connectivity index (χ4n) is 3.38. The van der Waals surface area contributed by atoms with E-state index in [0.29, 0.717) is 35.8 Å². The number of carbonyl (C=O) groups is 1. The Morgan fingerprint density at radius 2 is 1.81 bits per heavy atom.